The number of nitrogens with zero attached hydrogens (tertiary/aromatic N) is 3. The van der Waals surface area contributed by atoms with Gasteiger partial charge in [0.25, 0.3) is 0 Å². The standard InChI is InChI=1S/C14H21N5/c1-15-7-4-13-17-9-5-14(18-13)19(2)10-6-12-3-8-16-11-12/h3,5,8-9,11,15-16H,4,6-7,10H2,1-2H3. The fourth-order valence-corrected chi connectivity index (χ4v) is 1.88. The maximum atomic E-state index is 4.58. The Kier molecular flexibility index (Phi) is 4.92. The van der Waals surface area contributed by atoms with Crippen LogP contribution in [0.15, 0.2) is 30.7 Å². The Morgan fingerprint density at radius 3 is 2.95 bits per heavy atom. The maximum Gasteiger partial charge on any atom is 0.131 e. The SMILES string of the molecule is CNCCc1nccc(N(C)CCc2cc[nH]c2)n1. The lowest BCUT2D eigenvalue weighted by Crippen LogP contribution is -2.22. The number of H-pyrrole nitrogens is 1. The number of aromatic nitrogens is 3. The van der Waals surface area contributed by atoms with Gasteiger partial charge in [0, 0.05) is 45.1 Å². The summed E-state index contributed by atoms with van der Waals surface area (Å²) in [6.07, 6.45) is 7.69. The van der Waals surface area contributed by atoms with E-state index in [1.807, 2.05) is 31.7 Å². The number of anilines is 1. The van der Waals surface area contributed by atoms with Crippen molar-refractivity contribution in [3.8, 4) is 0 Å². The van der Waals surface area contributed by atoms with Crippen LogP contribution >= 0.6 is 0 Å². The predicted octanol–water partition coefficient (Wildman–Crippen LogP) is 1.25. The molecule has 2 aromatic heterocycles. The molecule has 0 bridgehead atoms. The number of nitrogens with one attached hydrogen (secondary N) is 2. The van der Waals surface area contributed by atoms with Crippen LogP contribution in [0.2, 0.25) is 0 Å². The molecule has 0 aliphatic heterocycles. The third-order valence-electron chi connectivity index (χ3n) is 3.08. The molecule has 0 atom stereocenters. The van der Waals surface area contributed by atoms with Crippen LogP contribution < -0.4 is 10.2 Å². The van der Waals surface area contributed by atoms with E-state index in [4.69, 9.17) is 0 Å². The van der Waals surface area contributed by atoms with Crippen molar-refractivity contribution in [1.82, 2.24) is 20.3 Å². The highest BCUT2D eigenvalue weighted by Gasteiger charge is 2.05. The molecule has 5 nitrogen and oxygen atoms in total. The highest BCUT2D eigenvalue weighted by Crippen LogP contribution is 2.09. The molecule has 19 heavy (non-hydrogen) atoms. The van der Waals surface area contributed by atoms with Gasteiger partial charge < -0.3 is 15.2 Å². The van der Waals surface area contributed by atoms with E-state index in [1.165, 1.54) is 5.56 Å². The van der Waals surface area contributed by atoms with Crippen LogP contribution in [0.25, 0.3) is 0 Å². The average molecular weight is 259 g/mol. The molecule has 2 rings (SSSR count). The van der Waals surface area contributed by atoms with E-state index >= 15 is 0 Å². The Balaban J connectivity index is 1.92. The second kappa shape index (κ2) is 6.89. The van der Waals surface area contributed by atoms with Gasteiger partial charge in [-0.2, -0.15) is 0 Å². The molecule has 0 aromatic carbocycles. The van der Waals surface area contributed by atoms with Crippen molar-refractivity contribution in [2.75, 3.05) is 32.1 Å². The molecular formula is C14H21N5. The lowest BCUT2D eigenvalue weighted by molar-refractivity contribution is 0.749. The molecule has 0 fully saturated rings. The third kappa shape index (κ3) is 4.06. The van der Waals surface area contributed by atoms with Crippen LogP contribution in [0.3, 0.4) is 0 Å². The summed E-state index contributed by atoms with van der Waals surface area (Å²) in [6.45, 7) is 1.84. The van der Waals surface area contributed by atoms with Gasteiger partial charge in [0.1, 0.15) is 11.6 Å². The van der Waals surface area contributed by atoms with Gasteiger partial charge in [-0.25, -0.2) is 9.97 Å². The highest BCUT2D eigenvalue weighted by molar-refractivity contribution is 5.36. The summed E-state index contributed by atoms with van der Waals surface area (Å²) in [5.41, 5.74) is 1.32. The zero-order chi connectivity index (χ0) is 13.5. The number of likely N-dealkylation sites (N-methyl/N-ethyl adjacent to an activating group) is 2. The quantitative estimate of drug-likeness (QED) is 0.785. The summed E-state index contributed by atoms with van der Waals surface area (Å²) in [5.74, 6) is 1.87. The largest absolute Gasteiger partial charge is 0.367 e. The van der Waals surface area contributed by atoms with E-state index in [0.717, 1.165) is 37.6 Å². The van der Waals surface area contributed by atoms with Gasteiger partial charge in [-0.3, -0.25) is 0 Å². The minimum atomic E-state index is 0.857. The van der Waals surface area contributed by atoms with Crippen molar-refractivity contribution in [2.45, 2.75) is 12.8 Å². The van der Waals surface area contributed by atoms with Crippen molar-refractivity contribution in [3.63, 3.8) is 0 Å². The number of hydrogen-bond acceptors (Lipinski definition) is 4. The summed E-state index contributed by atoms with van der Waals surface area (Å²) in [5, 5.41) is 3.11. The molecule has 2 N–H and O–H groups in total. The monoisotopic (exact) mass is 259 g/mol. The Bertz CT molecular complexity index is 480. The summed E-state index contributed by atoms with van der Waals surface area (Å²) in [7, 11) is 4.00. The molecular weight excluding hydrogens is 238 g/mol. The number of hydrogen-bond donors (Lipinski definition) is 2. The fourth-order valence-electron chi connectivity index (χ4n) is 1.88. The van der Waals surface area contributed by atoms with Gasteiger partial charge in [0.05, 0.1) is 0 Å². The summed E-state index contributed by atoms with van der Waals surface area (Å²) < 4.78 is 0. The fraction of sp³-hybridized carbons (Fsp3) is 0.429. The van der Waals surface area contributed by atoms with Crippen LogP contribution in [0.4, 0.5) is 5.82 Å². The van der Waals surface area contributed by atoms with Gasteiger partial charge in [-0.15, -0.1) is 0 Å². The molecule has 2 heterocycles. The second-order valence-corrected chi connectivity index (χ2v) is 4.58. The molecule has 0 aliphatic rings. The molecule has 0 spiro atoms. The Hall–Kier alpha value is -1.88. The van der Waals surface area contributed by atoms with Crippen molar-refractivity contribution in [3.05, 3.63) is 42.1 Å². The topological polar surface area (TPSA) is 56.8 Å². The van der Waals surface area contributed by atoms with E-state index in [9.17, 15) is 0 Å². The number of rotatable bonds is 7. The second-order valence-electron chi connectivity index (χ2n) is 4.58. The molecule has 0 unspecified atom stereocenters. The first-order chi connectivity index (χ1) is 9.29. The lowest BCUT2D eigenvalue weighted by atomic mass is 10.2. The Morgan fingerprint density at radius 1 is 1.32 bits per heavy atom. The summed E-state index contributed by atoms with van der Waals surface area (Å²) in [6, 6.07) is 4.06. The van der Waals surface area contributed by atoms with Crippen LogP contribution in [0.1, 0.15) is 11.4 Å². The maximum absolute atomic E-state index is 4.58. The average Bonchev–Trinajstić information content (AvgIpc) is 2.96. The van der Waals surface area contributed by atoms with Gasteiger partial charge >= 0.3 is 0 Å². The zero-order valence-corrected chi connectivity index (χ0v) is 11.6. The van der Waals surface area contributed by atoms with E-state index in [1.54, 1.807) is 0 Å². The highest BCUT2D eigenvalue weighted by atomic mass is 15.2. The normalized spacial score (nSPS) is 10.6. The first-order valence-electron chi connectivity index (χ1n) is 6.59. The first-order valence-corrected chi connectivity index (χ1v) is 6.59. The first kappa shape index (κ1) is 13.5. The molecule has 0 saturated carbocycles. The molecule has 0 radical (unpaired) electrons. The van der Waals surface area contributed by atoms with Crippen LogP contribution in [0.5, 0.6) is 0 Å². The lowest BCUT2D eigenvalue weighted by Gasteiger charge is -2.18. The van der Waals surface area contributed by atoms with Crippen molar-refractivity contribution >= 4 is 5.82 Å². The van der Waals surface area contributed by atoms with Crippen molar-refractivity contribution < 1.29 is 0 Å². The van der Waals surface area contributed by atoms with Crippen molar-refractivity contribution in [2.24, 2.45) is 0 Å². The minimum Gasteiger partial charge on any atom is -0.367 e. The molecule has 2 aromatic rings. The molecule has 0 aliphatic carbocycles. The smallest absolute Gasteiger partial charge is 0.131 e. The van der Waals surface area contributed by atoms with E-state index in [-0.39, 0.29) is 0 Å². The molecule has 0 amide bonds. The summed E-state index contributed by atoms with van der Waals surface area (Å²) >= 11 is 0. The van der Waals surface area contributed by atoms with E-state index < -0.39 is 0 Å². The van der Waals surface area contributed by atoms with Gasteiger partial charge in [-0.1, -0.05) is 0 Å². The van der Waals surface area contributed by atoms with Crippen LogP contribution in [-0.4, -0.2) is 42.1 Å². The van der Waals surface area contributed by atoms with Gasteiger partial charge in [-0.05, 0) is 31.2 Å². The van der Waals surface area contributed by atoms with E-state index in [2.05, 4.69) is 38.3 Å². The Morgan fingerprint density at radius 2 is 2.21 bits per heavy atom. The molecule has 102 valence electrons. The predicted molar refractivity (Wildman–Crippen MR) is 77.4 cm³/mol. The minimum absolute atomic E-state index is 0.857. The Labute approximate surface area is 114 Å². The molecule has 5 heteroatoms. The third-order valence-corrected chi connectivity index (χ3v) is 3.08. The van der Waals surface area contributed by atoms with Gasteiger partial charge in [0.15, 0.2) is 0 Å². The van der Waals surface area contributed by atoms with Crippen LogP contribution in [0, 0.1) is 0 Å². The summed E-state index contributed by atoms with van der Waals surface area (Å²) in [4.78, 5) is 14.1. The van der Waals surface area contributed by atoms with Gasteiger partial charge in [0.2, 0.25) is 0 Å². The van der Waals surface area contributed by atoms with Crippen LogP contribution in [-0.2, 0) is 12.8 Å². The van der Waals surface area contributed by atoms with Crippen molar-refractivity contribution in [1.29, 1.82) is 0 Å². The molecule has 0 saturated heterocycles. The van der Waals surface area contributed by atoms with E-state index in [0.29, 0.717) is 0 Å². The zero-order valence-electron chi connectivity index (χ0n) is 11.6. The number of aromatic amines is 1.